The maximum Gasteiger partial charge on any atom is 0.256 e. The van der Waals surface area contributed by atoms with Gasteiger partial charge in [0.15, 0.2) is 0 Å². The van der Waals surface area contributed by atoms with E-state index in [0.29, 0.717) is 12.5 Å². The average Bonchev–Trinajstić information content (AvgIpc) is 3.10. The molecular weight excluding hydrogens is 278 g/mol. The van der Waals surface area contributed by atoms with E-state index < -0.39 is 0 Å². The maximum absolute atomic E-state index is 6.10. The van der Waals surface area contributed by atoms with Crippen LogP contribution in [0.5, 0.6) is 5.88 Å². The quantitative estimate of drug-likeness (QED) is 0.678. The van der Waals surface area contributed by atoms with Crippen LogP contribution in [-0.2, 0) is 26.6 Å². The van der Waals surface area contributed by atoms with Gasteiger partial charge in [0.05, 0.1) is 25.9 Å². The number of hydrogen-bond acceptors (Lipinski definition) is 3. The van der Waals surface area contributed by atoms with E-state index in [1.807, 2.05) is 36.3 Å². The molecule has 3 heterocycles. The molecule has 22 heavy (non-hydrogen) atoms. The topological polar surface area (TPSA) is 61.9 Å². The van der Waals surface area contributed by atoms with Gasteiger partial charge in [0.2, 0.25) is 6.33 Å². The summed E-state index contributed by atoms with van der Waals surface area (Å²) in [4.78, 5) is 0. The Morgan fingerprint density at radius 2 is 2.18 bits per heavy atom. The van der Waals surface area contributed by atoms with E-state index in [-0.39, 0.29) is 0 Å². The summed E-state index contributed by atoms with van der Waals surface area (Å²) in [5.41, 5.74) is 7.98. The monoisotopic (exact) mass is 306 g/mol. The largest absolute Gasteiger partial charge is 0.475 e. The zero-order valence-corrected chi connectivity index (χ0v) is 14.0. The molecule has 0 fully saturated rings. The number of nitrogen functional groups attached to an aromatic ring is 1. The third-order valence-corrected chi connectivity index (χ3v) is 3.72. The molecule has 0 bridgehead atoms. The third-order valence-electron chi connectivity index (χ3n) is 3.72. The van der Waals surface area contributed by atoms with Crippen molar-refractivity contribution in [1.82, 2.24) is 14.3 Å². The maximum atomic E-state index is 6.10. The van der Waals surface area contributed by atoms with Gasteiger partial charge >= 0.3 is 0 Å². The molecule has 0 saturated heterocycles. The summed E-state index contributed by atoms with van der Waals surface area (Å²) in [6.45, 7) is 6.54. The summed E-state index contributed by atoms with van der Waals surface area (Å²) in [5.74, 6) is 0.611. The molecule has 122 valence electrons. The smallest absolute Gasteiger partial charge is 0.256 e. The first kappa shape index (κ1) is 16.4. The van der Waals surface area contributed by atoms with Gasteiger partial charge in [-0.3, -0.25) is 4.68 Å². The lowest BCUT2D eigenvalue weighted by molar-refractivity contribution is -0.671. The number of ether oxygens (including phenoxy) is 1. The van der Waals surface area contributed by atoms with Crippen LogP contribution in [0.1, 0.15) is 38.8 Å². The Morgan fingerprint density at radius 3 is 2.86 bits per heavy atom. The summed E-state index contributed by atoms with van der Waals surface area (Å²) >= 11 is 0. The molecular formula is C16H28N5O+. The van der Waals surface area contributed by atoms with Crippen LogP contribution >= 0.6 is 0 Å². The van der Waals surface area contributed by atoms with Gasteiger partial charge in [0.1, 0.15) is 18.1 Å². The number of aromatic nitrogens is 4. The number of anilines is 1. The minimum Gasteiger partial charge on any atom is -0.475 e. The van der Waals surface area contributed by atoms with Crippen molar-refractivity contribution in [3.63, 3.8) is 0 Å². The van der Waals surface area contributed by atoms with Gasteiger partial charge in [-0.05, 0) is 19.3 Å². The van der Waals surface area contributed by atoms with Crippen molar-refractivity contribution in [3.8, 4) is 5.88 Å². The van der Waals surface area contributed by atoms with Crippen LogP contribution in [-0.4, -0.2) is 21.0 Å². The second kappa shape index (κ2) is 7.87. The van der Waals surface area contributed by atoms with Crippen molar-refractivity contribution in [2.45, 2.75) is 52.6 Å². The fraction of sp³-hybridized carbons (Fsp3) is 0.625. The second-order valence-corrected chi connectivity index (χ2v) is 5.36. The first-order chi connectivity index (χ1) is 10.7. The van der Waals surface area contributed by atoms with Gasteiger partial charge in [0.25, 0.3) is 5.88 Å². The standard InChI is InChI=1S/C14H22N5O.C2H6/c1-17-8-9-18(11-17)6-4-10-20-14-13(15)12-5-2-3-7-19(12)16-14;1-2/h8-9,11H,2-7,10,15H2,1H3;1-2H3/q+1;. The van der Waals surface area contributed by atoms with Gasteiger partial charge < -0.3 is 10.5 Å². The SMILES string of the molecule is CC.C[n+]1ccn(CCCOc2nn3c(c2N)CCCC3)c1. The van der Waals surface area contributed by atoms with E-state index in [4.69, 9.17) is 10.5 Å². The normalized spacial score (nSPS) is 13.2. The molecule has 0 amide bonds. The Labute approximate surface area is 132 Å². The van der Waals surface area contributed by atoms with Crippen molar-refractivity contribution >= 4 is 5.69 Å². The van der Waals surface area contributed by atoms with Crippen LogP contribution in [0, 0.1) is 0 Å². The van der Waals surface area contributed by atoms with Gasteiger partial charge in [0, 0.05) is 13.0 Å². The van der Waals surface area contributed by atoms with Gasteiger partial charge in [-0.2, -0.15) is 0 Å². The fourth-order valence-corrected chi connectivity index (χ4v) is 2.65. The zero-order valence-electron chi connectivity index (χ0n) is 14.0. The molecule has 1 aliphatic rings. The van der Waals surface area contributed by atoms with Crippen LogP contribution in [0.2, 0.25) is 0 Å². The Hall–Kier alpha value is -1.98. The Morgan fingerprint density at radius 1 is 1.36 bits per heavy atom. The predicted octanol–water partition coefficient (Wildman–Crippen LogP) is 1.92. The zero-order chi connectivity index (χ0) is 15.9. The van der Waals surface area contributed by atoms with Crippen LogP contribution < -0.4 is 15.0 Å². The number of hydrogen-bond donors (Lipinski definition) is 1. The molecule has 6 heteroatoms. The van der Waals surface area contributed by atoms with E-state index in [1.54, 1.807) is 0 Å². The molecule has 0 radical (unpaired) electrons. The molecule has 2 aromatic rings. The number of nitrogens with two attached hydrogens (primary N) is 1. The lowest BCUT2D eigenvalue weighted by Crippen LogP contribution is -2.23. The first-order valence-corrected chi connectivity index (χ1v) is 8.23. The molecule has 0 atom stereocenters. The lowest BCUT2D eigenvalue weighted by atomic mass is 10.1. The average molecular weight is 306 g/mol. The summed E-state index contributed by atoms with van der Waals surface area (Å²) in [5, 5.41) is 4.46. The molecule has 2 aromatic heterocycles. The summed E-state index contributed by atoms with van der Waals surface area (Å²) in [6, 6.07) is 0. The molecule has 1 aliphatic heterocycles. The summed E-state index contributed by atoms with van der Waals surface area (Å²) < 4.78 is 11.9. The molecule has 0 spiro atoms. The van der Waals surface area contributed by atoms with Crippen molar-refractivity contribution in [3.05, 3.63) is 24.4 Å². The molecule has 2 N–H and O–H groups in total. The number of rotatable bonds is 5. The molecule has 6 nitrogen and oxygen atoms in total. The highest BCUT2D eigenvalue weighted by Crippen LogP contribution is 2.28. The Balaban J connectivity index is 0.000000847. The van der Waals surface area contributed by atoms with E-state index in [0.717, 1.165) is 37.3 Å². The molecule has 0 aromatic carbocycles. The van der Waals surface area contributed by atoms with Crippen LogP contribution in [0.15, 0.2) is 18.7 Å². The first-order valence-electron chi connectivity index (χ1n) is 8.23. The van der Waals surface area contributed by atoms with Crippen molar-refractivity contribution < 1.29 is 9.30 Å². The van der Waals surface area contributed by atoms with Gasteiger partial charge in [-0.1, -0.05) is 13.8 Å². The van der Waals surface area contributed by atoms with Crippen LogP contribution in [0.4, 0.5) is 5.69 Å². The Kier molecular flexibility index (Phi) is 5.86. The van der Waals surface area contributed by atoms with Crippen molar-refractivity contribution in [1.29, 1.82) is 0 Å². The molecule has 0 unspecified atom stereocenters. The highest BCUT2D eigenvalue weighted by Gasteiger charge is 2.18. The van der Waals surface area contributed by atoms with E-state index >= 15 is 0 Å². The number of imidazole rings is 1. The fourth-order valence-electron chi connectivity index (χ4n) is 2.65. The van der Waals surface area contributed by atoms with Gasteiger partial charge in [-0.15, -0.1) is 5.10 Å². The molecule has 3 rings (SSSR count). The van der Waals surface area contributed by atoms with Crippen molar-refractivity contribution in [2.75, 3.05) is 12.3 Å². The second-order valence-electron chi connectivity index (χ2n) is 5.36. The van der Waals surface area contributed by atoms with Crippen LogP contribution in [0.25, 0.3) is 0 Å². The molecule has 0 aliphatic carbocycles. The minimum atomic E-state index is 0.611. The summed E-state index contributed by atoms with van der Waals surface area (Å²) in [7, 11) is 2.02. The highest BCUT2D eigenvalue weighted by atomic mass is 16.5. The summed E-state index contributed by atoms with van der Waals surface area (Å²) in [6.07, 6.45) is 10.5. The van der Waals surface area contributed by atoms with E-state index in [9.17, 15) is 0 Å². The third kappa shape index (κ3) is 3.81. The number of aryl methyl sites for hydroxylation is 3. The van der Waals surface area contributed by atoms with E-state index in [1.165, 1.54) is 12.8 Å². The lowest BCUT2D eigenvalue weighted by Gasteiger charge is -2.12. The predicted molar refractivity (Wildman–Crippen MR) is 86.6 cm³/mol. The Bertz CT molecular complexity index is 587. The van der Waals surface area contributed by atoms with Crippen molar-refractivity contribution in [2.24, 2.45) is 7.05 Å². The van der Waals surface area contributed by atoms with E-state index in [2.05, 4.69) is 22.2 Å². The number of nitrogens with zero attached hydrogens (tertiary/aromatic N) is 4. The molecule has 0 saturated carbocycles. The van der Waals surface area contributed by atoms with Crippen LogP contribution in [0.3, 0.4) is 0 Å². The van der Waals surface area contributed by atoms with Gasteiger partial charge in [-0.25, -0.2) is 9.13 Å². The minimum absolute atomic E-state index is 0.611. The highest BCUT2D eigenvalue weighted by molar-refractivity contribution is 5.53. The number of fused-ring (bicyclic) bond motifs is 1.